The summed E-state index contributed by atoms with van der Waals surface area (Å²) in [5.41, 5.74) is 2.65. The van der Waals surface area contributed by atoms with Crippen LogP contribution in [0.1, 0.15) is 22.3 Å². The molecule has 1 aliphatic heterocycles. The standard InChI is InChI=1S/C21H21N5O/c27-20(26-10-8-17(15-26)11-16-5-4-9-22-12-16)18-13-23-21(24-14-18)25-19-6-2-1-3-7-19/h1-7,9,12-14,17H,8,10-11,15H2,(H,23,24,25). The zero-order valence-corrected chi connectivity index (χ0v) is 15.0. The second-order valence-corrected chi connectivity index (χ2v) is 6.76. The Morgan fingerprint density at radius 2 is 1.89 bits per heavy atom. The summed E-state index contributed by atoms with van der Waals surface area (Å²) in [7, 11) is 0. The molecule has 2 aromatic heterocycles. The SMILES string of the molecule is O=C(c1cnc(Nc2ccccc2)nc1)N1CCC(Cc2cccnc2)C1. The number of nitrogens with zero attached hydrogens (tertiary/aromatic N) is 4. The molecule has 136 valence electrons. The van der Waals surface area contributed by atoms with Crippen LogP contribution in [0.15, 0.2) is 67.3 Å². The van der Waals surface area contributed by atoms with Crippen LogP contribution in [0.5, 0.6) is 0 Å². The van der Waals surface area contributed by atoms with E-state index < -0.39 is 0 Å². The van der Waals surface area contributed by atoms with Crippen molar-refractivity contribution in [3.8, 4) is 0 Å². The number of hydrogen-bond acceptors (Lipinski definition) is 5. The van der Waals surface area contributed by atoms with Gasteiger partial charge in [-0.05, 0) is 42.5 Å². The maximum absolute atomic E-state index is 12.7. The van der Waals surface area contributed by atoms with Crippen LogP contribution in [-0.2, 0) is 6.42 Å². The number of amides is 1. The third kappa shape index (κ3) is 4.28. The zero-order valence-electron chi connectivity index (χ0n) is 15.0. The summed E-state index contributed by atoms with van der Waals surface area (Å²) in [5, 5.41) is 3.12. The van der Waals surface area contributed by atoms with Crippen molar-refractivity contribution in [1.82, 2.24) is 19.9 Å². The molecule has 27 heavy (non-hydrogen) atoms. The lowest BCUT2D eigenvalue weighted by Gasteiger charge is -2.16. The highest BCUT2D eigenvalue weighted by Gasteiger charge is 2.27. The molecule has 1 fully saturated rings. The van der Waals surface area contributed by atoms with E-state index >= 15 is 0 Å². The van der Waals surface area contributed by atoms with Gasteiger partial charge in [-0.15, -0.1) is 0 Å². The average Bonchev–Trinajstić information content (AvgIpc) is 3.18. The predicted molar refractivity (Wildman–Crippen MR) is 104 cm³/mol. The van der Waals surface area contributed by atoms with Crippen LogP contribution in [-0.4, -0.2) is 38.8 Å². The largest absolute Gasteiger partial charge is 0.338 e. The molecule has 1 atom stereocenters. The van der Waals surface area contributed by atoms with Gasteiger partial charge in [0.05, 0.1) is 5.56 Å². The fourth-order valence-electron chi connectivity index (χ4n) is 3.37. The molecular weight excluding hydrogens is 338 g/mol. The molecule has 0 saturated carbocycles. The van der Waals surface area contributed by atoms with E-state index in [2.05, 4.69) is 26.3 Å². The van der Waals surface area contributed by atoms with Gasteiger partial charge in [0.1, 0.15) is 0 Å². The van der Waals surface area contributed by atoms with Gasteiger partial charge in [0, 0.05) is 43.6 Å². The summed E-state index contributed by atoms with van der Waals surface area (Å²) in [5.74, 6) is 0.946. The monoisotopic (exact) mass is 359 g/mol. The van der Waals surface area contributed by atoms with E-state index in [1.165, 1.54) is 5.56 Å². The molecule has 1 N–H and O–H groups in total. The fourth-order valence-corrected chi connectivity index (χ4v) is 3.37. The number of pyridine rings is 1. The van der Waals surface area contributed by atoms with Gasteiger partial charge in [-0.1, -0.05) is 24.3 Å². The molecule has 4 rings (SSSR count). The minimum Gasteiger partial charge on any atom is -0.338 e. The lowest BCUT2D eigenvalue weighted by Crippen LogP contribution is -2.29. The number of carbonyl (C=O) groups excluding carboxylic acids is 1. The van der Waals surface area contributed by atoms with Crippen molar-refractivity contribution in [2.45, 2.75) is 12.8 Å². The Labute approximate surface area is 158 Å². The number of nitrogens with one attached hydrogen (secondary N) is 1. The van der Waals surface area contributed by atoms with E-state index in [1.807, 2.05) is 47.5 Å². The highest BCUT2D eigenvalue weighted by Crippen LogP contribution is 2.22. The van der Waals surface area contributed by atoms with E-state index in [9.17, 15) is 4.79 Å². The second-order valence-electron chi connectivity index (χ2n) is 6.76. The topological polar surface area (TPSA) is 71.0 Å². The van der Waals surface area contributed by atoms with Crippen LogP contribution in [0.2, 0.25) is 0 Å². The van der Waals surface area contributed by atoms with Gasteiger partial charge in [-0.3, -0.25) is 9.78 Å². The first-order chi connectivity index (χ1) is 13.3. The third-order valence-electron chi connectivity index (χ3n) is 4.75. The predicted octanol–water partition coefficient (Wildman–Crippen LogP) is 3.32. The summed E-state index contributed by atoms with van der Waals surface area (Å²) in [6, 6.07) is 13.7. The van der Waals surface area contributed by atoms with E-state index in [0.717, 1.165) is 31.6 Å². The average molecular weight is 359 g/mol. The summed E-state index contributed by atoms with van der Waals surface area (Å²) in [4.78, 5) is 27.3. The Morgan fingerprint density at radius 3 is 2.63 bits per heavy atom. The van der Waals surface area contributed by atoms with Gasteiger partial charge in [-0.25, -0.2) is 9.97 Å². The molecule has 3 heterocycles. The van der Waals surface area contributed by atoms with Crippen LogP contribution >= 0.6 is 0 Å². The van der Waals surface area contributed by atoms with Gasteiger partial charge >= 0.3 is 0 Å². The number of likely N-dealkylation sites (tertiary alicyclic amines) is 1. The normalized spacial score (nSPS) is 16.3. The molecule has 0 bridgehead atoms. The Kier molecular flexibility index (Phi) is 5.05. The molecule has 6 heteroatoms. The minimum atomic E-state index is -0.00468. The maximum atomic E-state index is 12.7. The third-order valence-corrected chi connectivity index (χ3v) is 4.75. The molecule has 1 aromatic carbocycles. The van der Waals surface area contributed by atoms with Crippen molar-refractivity contribution in [2.75, 3.05) is 18.4 Å². The number of carbonyl (C=O) groups is 1. The fraction of sp³-hybridized carbons (Fsp3) is 0.238. The summed E-state index contributed by atoms with van der Waals surface area (Å²) in [6.45, 7) is 1.53. The highest BCUT2D eigenvalue weighted by molar-refractivity contribution is 5.93. The Morgan fingerprint density at radius 1 is 1.07 bits per heavy atom. The summed E-state index contributed by atoms with van der Waals surface area (Å²) < 4.78 is 0. The first kappa shape index (κ1) is 17.1. The van der Waals surface area contributed by atoms with Crippen molar-refractivity contribution in [3.63, 3.8) is 0 Å². The Hall–Kier alpha value is -3.28. The highest BCUT2D eigenvalue weighted by atomic mass is 16.2. The summed E-state index contributed by atoms with van der Waals surface area (Å²) in [6.07, 6.45) is 8.83. The molecule has 1 saturated heterocycles. The van der Waals surface area contributed by atoms with Crippen molar-refractivity contribution in [2.24, 2.45) is 5.92 Å². The van der Waals surface area contributed by atoms with E-state index in [-0.39, 0.29) is 5.91 Å². The number of hydrogen-bond donors (Lipinski definition) is 1. The second kappa shape index (κ2) is 7.95. The lowest BCUT2D eigenvalue weighted by molar-refractivity contribution is 0.0786. The molecule has 1 amide bonds. The molecule has 0 spiro atoms. The van der Waals surface area contributed by atoms with Crippen LogP contribution < -0.4 is 5.32 Å². The molecule has 6 nitrogen and oxygen atoms in total. The summed E-state index contributed by atoms with van der Waals surface area (Å²) >= 11 is 0. The number of rotatable bonds is 5. The van der Waals surface area contributed by atoms with Crippen molar-refractivity contribution in [3.05, 3.63) is 78.4 Å². The van der Waals surface area contributed by atoms with E-state index in [4.69, 9.17) is 0 Å². The van der Waals surface area contributed by atoms with Gasteiger partial charge in [0.2, 0.25) is 5.95 Å². The smallest absolute Gasteiger partial charge is 0.257 e. The number of para-hydroxylation sites is 1. The quantitative estimate of drug-likeness (QED) is 0.757. The molecule has 3 aromatic rings. The molecule has 1 unspecified atom stereocenters. The number of anilines is 2. The molecular formula is C21H21N5O. The molecule has 1 aliphatic rings. The zero-order chi connectivity index (χ0) is 18.5. The van der Waals surface area contributed by atoms with Crippen molar-refractivity contribution >= 4 is 17.5 Å². The van der Waals surface area contributed by atoms with Gasteiger partial charge in [-0.2, -0.15) is 0 Å². The van der Waals surface area contributed by atoms with Crippen LogP contribution in [0.25, 0.3) is 0 Å². The molecule has 0 radical (unpaired) electrons. The number of benzene rings is 1. The van der Waals surface area contributed by atoms with Gasteiger partial charge < -0.3 is 10.2 Å². The first-order valence-electron chi connectivity index (χ1n) is 9.10. The maximum Gasteiger partial charge on any atom is 0.257 e. The number of aromatic nitrogens is 3. The Bertz CT molecular complexity index is 883. The van der Waals surface area contributed by atoms with Crippen molar-refractivity contribution in [1.29, 1.82) is 0 Å². The van der Waals surface area contributed by atoms with Crippen LogP contribution in [0.4, 0.5) is 11.6 Å². The van der Waals surface area contributed by atoms with E-state index in [1.54, 1.807) is 18.6 Å². The van der Waals surface area contributed by atoms with Crippen LogP contribution in [0, 0.1) is 5.92 Å². The Balaban J connectivity index is 1.35. The van der Waals surface area contributed by atoms with Crippen LogP contribution in [0.3, 0.4) is 0 Å². The minimum absolute atomic E-state index is 0.00468. The van der Waals surface area contributed by atoms with E-state index in [0.29, 0.717) is 17.4 Å². The first-order valence-corrected chi connectivity index (χ1v) is 9.10. The van der Waals surface area contributed by atoms with Gasteiger partial charge in [0.15, 0.2) is 0 Å². The molecule has 0 aliphatic carbocycles. The lowest BCUT2D eigenvalue weighted by atomic mass is 10.0. The van der Waals surface area contributed by atoms with Gasteiger partial charge in [0.25, 0.3) is 5.91 Å². The van der Waals surface area contributed by atoms with Crippen molar-refractivity contribution < 1.29 is 4.79 Å².